The van der Waals surface area contributed by atoms with Crippen molar-refractivity contribution in [1.82, 2.24) is 0 Å². The maximum absolute atomic E-state index is 9.91. The van der Waals surface area contributed by atoms with Crippen LogP contribution in [0.3, 0.4) is 0 Å². The SMILES string of the molecule is O=S(=O)(O)OOOS(=O)(=O)OO. The third-order valence-electron chi connectivity index (χ3n) is 0.316. The van der Waals surface area contributed by atoms with Crippen LogP contribution in [-0.2, 0) is 38.8 Å². The summed E-state index contributed by atoms with van der Waals surface area (Å²) in [4.78, 5) is 0. The Morgan fingerprint density at radius 3 is 1.83 bits per heavy atom. The van der Waals surface area contributed by atoms with E-state index in [-0.39, 0.29) is 0 Å². The normalized spacial score (nSPS) is 13.2. The van der Waals surface area contributed by atoms with E-state index in [1.807, 2.05) is 0 Å². The number of hydrogen-bond acceptors (Lipinski definition) is 9. The quantitative estimate of drug-likeness (QED) is 0.319. The van der Waals surface area contributed by atoms with Crippen LogP contribution in [0.25, 0.3) is 0 Å². The summed E-state index contributed by atoms with van der Waals surface area (Å²) in [6, 6.07) is 0. The molecule has 12 heteroatoms. The van der Waals surface area contributed by atoms with Gasteiger partial charge in [0.15, 0.2) is 0 Å². The molecule has 0 unspecified atom stereocenters. The number of rotatable bonds is 5. The van der Waals surface area contributed by atoms with Crippen LogP contribution >= 0.6 is 0 Å². The zero-order valence-electron chi connectivity index (χ0n) is 4.98. The monoisotopic (exact) mass is 226 g/mol. The Morgan fingerprint density at radius 1 is 1.00 bits per heavy atom. The van der Waals surface area contributed by atoms with Crippen molar-refractivity contribution in [3.05, 3.63) is 0 Å². The van der Waals surface area contributed by atoms with Crippen molar-refractivity contribution in [3.8, 4) is 0 Å². The average molecular weight is 226 g/mol. The van der Waals surface area contributed by atoms with E-state index in [1.54, 1.807) is 0 Å². The van der Waals surface area contributed by atoms with Crippen molar-refractivity contribution in [3.63, 3.8) is 0 Å². The third-order valence-corrected chi connectivity index (χ3v) is 0.948. The predicted molar refractivity (Wildman–Crippen MR) is 27.4 cm³/mol. The lowest BCUT2D eigenvalue weighted by molar-refractivity contribution is -0.417. The minimum Gasteiger partial charge on any atom is -0.262 e. The van der Waals surface area contributed by atoms with E-state index in [4.69, 9.17) is 9.81 Å². The van der Waals surface area contributed by atoms with Gasteiger partial charge >= 0.3 is 20.8 Å². The summed E-state index contributed by atoms with van der Waals surface area (Å²) in [5.41, 5.74) is 0. The lowest BCUT2D eigenvalue weighted by Crippen LogP contribution is -2.11. The van der Waals surface area contributed by atoms with Crippen molar-refractivity contribution in [2.75, 3.05) is 0 Å². The first-order chi connectivity index (χ1) is 5.27. The van der Waals surface area contributed by atoms with Crippen LogP contribution in [0, 0.1) is 0 Å². The van der Waals surface area contributed by atoms with Gasteiger partial charge in [0.2, 0.25) is 0 Å². The molecule has 0 spiro atoms. The Morgan fingerprint density at radius 2 is 1.50 bits per heavy atom. The molecule has 0 aromatic heterocycles. The zero-order valence-corrected chi connectivity index (χ0v) is 6.61. The van der Waals surface area contributed by atoms with Gasteiger partial charge in [-0.3, -0.25) is 4.55 Å². The molecule has 0 aliphatic rings. The van der Waals surface area contributed by atoms with Crippen molar-refractivity contribution in [2.24, 2.45) is 0 Å². The van der Waals surface area contributed by atoms with Crippen molar-refractivity contribution in [1.29, 1.82) is 0 Å². The summed E-state index contributed by atoms with van der Waals surface area (Å²) in [6.07, 6.45) is 0. The molecule has 0 atom stereocenters. The Balaban J connectivity index is 3.89. The molecule has 0 aliphatic heterocycles. The second-order valence-electron chi connectivity index (χ2n) is 1.11. The topological polar surface area (TPSA) is 146 Å². The maximum atomic E-state index is 9.91. The fraction of sp³-hybridized carbons (Fsp3) is 0. The molecule has 0 rings (SSSR count). The van der Waals surface area contributed by atoms with Gasteiger partial charge in [-0.1, -0.05) is 8.67 Å². The molecule has 0 heterocycles. The third kappa shape index (κ3) is 6.38. The van der Waals surface area contributed by atoms with E-state index in [1.165, 1.54) is 0 Å². The molecular weight excluding hydrogens is 224 g/mol. The van der Waals surface area contributed by atoms with Gasteiger partial charge in [-0.15, -0.1) is 0 Å². The highest BCUT2D eigenvalue weighted by Gasteiger charge is 2.16. The Kier molecular flexibility index (Phi) is 3.94. The summed E-state index contributed by atoms with van der Waals surface area (Å²) in [7, 11) is -9.91. The molecule has 74 valence electrons. The Labute approximate surface area is 66.3 Å². The van der Waals surface area contributed by atoms with Crippen LogP contribution in [-0.4, -0.2) is 26.6 Å². The van der Waals surface area contributed by atoms with E-state index in [9.17, 15) is 16.8 Å². The molecule has 10 nitrogen and oxygen atoms in total. The largest absolute Gasteiger partial charge is 0.455 e. The standard InChI is InChI=1S/H2O10S2/c1-7-12(5,6)10-8-9-11(2,3)4/h1H,(H,2,3,4). The van der Waals surface area contributed by atoms with Gasteiger partial charge in [-0.25, -0.2) is 5.26 Å². The molecule has 0 aromatic rings. The molecule has 12 heavy (non-hydrogen) atoms. The average Bonchev–Trinajstić information content (AvgIpc) is 1.84. The number of hydrogen-bond donors (Lipinski definition) is 2. The minimum absolute atomic E-state index is 2.62. The van der Waals surface area contributed by atoms with Crippen LogP contribution in [0.5, 0.6) is 0 Å². The van der Waals surface area contributed by atoms with Gasteiger partial charge in [-0.2, -0.15) is 16.8 Å². The molecule has 0 amide bonds. The highest BCUT2D eigenvalue weighted by molar-refractivity contribution is 7.81. The fourth-order valence-electron chi connectivity index (χ4n) is 0.0929. The van der Waals surface area contributed by atoms with Crippen molar-refractivity contribution >= 4 is 20.8 Å². The van der Waals surface area contributed by atoms with E-state index in [0.717, 1.165) is 0 Å². The molecule has 0 saturated carbocycles. The first-order valence-electron chi connectivity index (χ1n) is 1.87. The summed E-state index contributed by atoms with van der Waals surface area (Å²) >= 11 is 0. The molecular formula is H2O10S2. The first-order valence-corrected chi connectivity index (χ1v) is 4.56. The molecule has 0 radical (unpaired) electrons. The maximum Gasteiger partial charge on any atom is 0.455 e. The minimum atomic E-state index is -5.00. The Hall–Kier alpha value is -0.340. The van der Waals surface area contributed by atoms with Gasteiger partial charge in [0.1, 0.15) is 0 Å². The predicted octanol–water partition coefficient (Wildman–Crippen LogP) is -1.60. The summed E-state index contributed by atoms with van der Waals surface area (Å²) < 4.78 is 55.3. The van der Waals surface area contributed by atoms with Gasteiger partial charge in [0, 0.05) is 0 Å². The van der Waals surface area contributed by atoms with E-state index in [2.05, 4.69) is 18.0 Å². The zero-order chi connectivity index (χ0) is 9.83. The molecule has 0 aromatic carbocycles. The lowest BCUT2D eigenvalue weighted by atomic mass is 14.6. The van der Waals surface area contributed by atoms with Crippen molar-refractivity contribution in [2.45, 2.75) is 0 Å². The molecule has 0 saturated heterocycles. The van der Waals surface area contributed by atoms with Crippen LogP contribution in [0.1, 0.15) is 0 Å². The first kappa shape index (κ1) is 11.7. The summed E-state index contributed by atoms with van der Waals surface area (Å²) in [6.45, 7) is 0. The fourth-order valence-corrected chi connectivity index (χ4v) is 0.347. The second kappa shape index (κ2) is 4.06. The second-order valence-corrected chi connectivity index (χ2v) is 3.21. The van der Waals surface area contributed by atoms with Gasteiger partial charge < -0.3 is 0 Å². The van der Waals surface area contributed by atoms with E-state index < -0.39 is 20.8 Å². The molecule has 0 fully saturated rings. The molecule has 0 aliphatic carbocycles. The van der Waals surface area contributed by atoms with Crippen LogP contribution in [0.15, 0.2) is 0 Å². The van der Waals surface area contributed by atoms with Gasteiger partial charge in [0.05, 0.1) is 0 Å². The van der Waals surface area contributed by atoms with Crippen LogP contribution < -0.4 is 0 Å². The smallest absolute Gasteiger partial charge is 0.262 e. The highest BCUT2D eigenvalue weighted by atomic mass is 32.3. The van der Waals surface area contributed by atoms with Crippen LogP contribution in [0.4, 0.5) is 0 Å². The lowest BCUT2D eigenvalue weighted by Gasteiger charge is -1.96. The summed E-state index contributed by atoms with van der Waals surface area (Å²) in [5.74, 6) is 0. The van der Waals surface area contributed by atoms with Crippen LogP contribution in [0.2, 0.25) is 0 Å². The van der Waals surface area contributed by atoms with Crippen molar-refractivity contribution < 1.29 is 44.7 Å². The molecule has 0 bridgehead atoms. The van der Waals surface area contributed by atoms with E-state index >= 15 is 0 Å². The van der Waals surface area contributed by atoms with E-state index in [0.29, 0.717) is 0 Å². The van der Waals surface area contributed by atoms with Gasteiger partial charge in [0.25, 0.3) is 0 Å². The molecule has 2 N–H and O–H groups in total. The summed E-state index contributed by atoms with van der Waals surface area (Å²) in [5, 5.41) is 10.4. The highest BCUT2D eigenvalue weighted by Crippen LogP contribution is 1.96. The van der Waals surface area contributed by atoms with Gasteiger partial charge in [-0.05, 0) is 9.37 Å². The Bertz CT molecular complexity index is 302.